The molecule has 0 spiro atoms. The summed E-state index contributed by atoms with van der Waals surface area (Å²) in [6.07, 6.45) is -1.04. The minimum Gasteiger partial charge on any atom is -0.444 e. The molecular formula is C28H36N4O6. The molecular weight excluding hydrogens is 488 g/mol. The Labute approximate surface area is 223 Å². The van der Waals surface area contributed by atoms with Crippen LogP contribution in [0.5, 0.6) is 0 Å². The first-order valence-electron chi connectivity index (χ1n) is 12.9. The van der Waals surface area contributed by atoms with Crippen molar-refractivity contribution in [3.8, 4) is 0 Å². The first-order chi connectivity index (χ1) is 18.2. The minimum absolute atomic E-state index is 0.101. The number of alkyl carbamates (subject to hydrolysis) is 1. The molecule has 2 aromatic carbocycles. The van der Waals surface area contributed by atoms with Crippen LogP contribution in [0.4, 0.5) is 14.4 Å². The van der Waals surface area contributed by atoms with Crippen molar-refractivity contribution in [3.63, 3.8) is 0 Å². The summed E-state index contributed by atoms with van der Waals surface area (Å²) in [5.41, 5.74) is 1.14. The number of carbonyl (C=O) groups excluding carboxylic acids is 3. The highest BCUT2D eigenvalue weighted by Gasteiger charge is 2.50. The van der Waals surface area contributed by atoms with E-state index in [2.05, 4.69) is 10.2 Å². The first-order valence-corrected chi connectivity index (χ1v) is 12.9. The standard InChI is InChI=1S/C28H36N4O6/c1-28(2,3)38-25(33)29-14-15-30-17-23-16-24(18-30)32(27(35)37-20-22-12-8-5-9-13-22)31(23)26(34)36-19-21-10-6-4-7-11-21/h4-13,23-24H,14-20H2,1-3H3,(H,29,33)/t23-,24+. The van der Waals surface area contributed by atoms with Crippen molar-refractivity contribution in [3.05, 3.63) is 71.8 Å². The van der Waals surface area contributed by atoms with Crippen LogP contribution >= 0.6 is 0 Å². The minimum atomic E-state index is -0.591. The van der Waals surface area contributed by atoms with E-state index >= 15 is 0 Å². The number of ether oxygens (including phenoxy) is 3. The smallest absolute Gasteiger partial charge is 0.429 e. The number of piperidine rings is 1. The van der Waals surface area contributed by atoms with Crippen LogP contribution in [0.2, 0.25) is 0 Å². The number of hydrogen-bond acceptors (Lipinski definition) is 7. The van der Waals surface area contributed by atoms with Gasteiger partial charge in [-0.25, -0.2) is 24.4 Å². The second kappa shape index (κ2) is 12.2. The van der Waals surface area contributed by atoms with Gasteiger partial charge in [-0.2, -0.15) is 0 Å². The highest BCUT2D eigenvalue weighted by Crippen LogP contribution is 2.32. The molecule has 4 rings (SSSR count). The molecule has 0 saturated carbocycles. The summed E-state index contributed by atoms with van der Waals surface area (Å²) < 4.78 is 16.5. The Bertz CT molecular complexity index is 1020. The Morgan fingerprint density at radius 3 is 1.74 bits per heavy atom. The molecule has 2 aliphatic heterocycles. The maximum atomic E-state index is 13.3. The van der Waals surface area contributed by atoms with Crippen molar-refractivity contribution in [2.75, 3.05) is 26.2 Å². The van der Waals surface area contributed by atoms with Crippen molar-refractivity contribution in [1.82, 2.24) is 20.2 Å². The molecule has 0 unspecified atom stereocenters. The van der Waals surface area contributed by atoms with Crippen LogP contribution in [-0.2, 0) is 27.4 Å². The van der Waals surface area contributed by atoms with Gasteiger partial charge in [0.2, 0.25) is 0 Å². The van der Waals surface area contributed by atoms with Crippen LogP contribution in [0, 0.1) is 0 Å². The fourth-order valence-corrected chi connectivity index (χ4v) is 4.70. The van der Waals surface area contributed by atoms with Gasteiger partial charge < -0.3 is 19.5 Å². The number of nitrogens with one attached hydrogen (secondary N) is 1. The molecule has 10 heteroatoms. The largest absolute Gasteiger partial charge is 0.444 e. The fourth-order valence-electron chi connectivity index (χ4n) is 4.70. The van der Waals surface area contributed by atoms with Gasteiger partial charge in [0.05, 0.1) is 12.1 Å². The first kappa shape index (κ1) is 27.3. The lowest BCUT2D eigenvalue weighted by Gasteiger charge is -2.30. The maximum absolute atomic E-state index is 13.3. The molecule has 10 nitrogen and oxygen atoms in total. The van der Waals surface area contributed by atoms with Gasteiger partial charge in [0.25, 0.3) is 0 Å². The average molecular weight is 525 g/mol. The zero-order valence-electron chi connectivity index (χ0n) is 22.2. The summed E-state index contributed by atoms with van der Waals surface area (Å²) >= 11 is 0. The summed E-state index contributed by atoms with van der Waals surface area (Å²) in [5, 5.41) is 5.58. The van der Waals surface area contributed by atoms with Gasteiger partial charge in [0, 0.05) is 26.2 Å². The van der Waals surface area contributed by atoms with E-state index in [-0.39, 0.29) is 25.3 Å². The molecule has 2 aliphatic rings. The molecule has 2 fully saturated rings. The predicted molar refractivity (Wildman–Crippen MR) is 140 cm³/mol. The number of fused-ring (bicyclic) bond motifs is 2. The highest BCUT2D eigenvalue weighted by molar-refractivity contribution is 5.76. The topological polar surface area (TPSA) is 101 Å². The van der Waals surface area contributed by atoms with Gasteiger partial charge in [-0.05, 0) is 38.3 Å². The summed E-state index contributed by atoms with van der Waals surface area (Å²) in [4.78, 5) is 40.6. The van der Waals surface area contributed by atoms with Crippen molar-refractivity contribution in [2.45, 2.75) is 58.1 Å². The second-order valence-corrected chi connectivity index (χ2v) is 10.5. The van der Waals surface area contributed by atoms with E-state index in [0.717, 1.165) is 11.1 Å². The average Bonchev–Trinajstić information content (AvgIpc) is 3.15. The molecule has 0 aliphatic carbocycles. The molecule has 2 atom stereocenters. The Kier molecular flexibility index (Phi) is 8.73. The van der Waals surface area contributed by atoms with E-state index in [0.29, 0.717) is 32.6 Å². The summed E-state index contributed by atoms with van der Waals surface area (Å²) in [7, 11) is 0. The quantitative estimate of drug-likeness (QED) is 0.543. The number of likely N-dealkylation sites (tertiary alicyclic amines) is 1. The third-order valence-corrected chi connectivity index (χ3v) is 6.29. The highest BCUT2D eigenvalue weighted by atomic mass is 16.6. The summed E-state index contributed by atoms with van der Waals surface area (Å²) in [6.45, 7) is 7.64. The van der Waals surface area contributed by atoms with Crippen molar-refractivity contribution in [1.29, 1.82) is 0 Å². The van der Waals surface area contributed by atoms with Crippen LogP contribution in [0.25, 0.3) is 0 Å². The van der Waals surface area contributed by atoms with Gasteiger partial charge in [-0.1, -0.05) is 60.7 Å². The molecule has 0 aromatic heterocycles. The number of hydrogen-bond donors (Lipinski definition) is 1. The van der Waals surface area contributed by atoms with E-state index in [9.17, 15) is 14.4 Å². The van der Waals surface area contributed by atoms with Crippen LogP contribution in [0.1, 0.15) is 38.3 Å². The van der Waals surface area contributed by atoms with Crippen LogP contribution < -0.4 is 5.32 Å². The third-order valence-electron chi connectivity index (χ3n) is 6.29. The van der Waals surface area contributed by atoms with Gasteiger partial charge in [0.15, 0.2) is 0 Å². The van der Waals surface area contributed by atoms with Crippen molar-refractivity contribution >= 4 is 18.3 Å². The number of benzene rings is 2. The van der Waals surface area contributed by atoms with Crippen LogP contribution in [0.3, 0.4) is 0 Å². The lowest BCUT2D eigenvalue weighted by atomic mass is 10.0. The van der Waals surface area contributed by atoms with E-state index in [1.165, 1.54) is 10.0 Å². The van der Waals surface area contributed by atoms with E-state index in [1.807, 2.05) is 81.4 Å². The fraction of sp³-hybridized carbons (Fsp3) is 0.464. The Balaban J connectivity index is 1.40. The molecule has 2 heterocycles. The number of amides is 3. The second-order valence-electron chi connectivity index (χ2n) is 10.5. The molecule has 2 aromatic rings. The molecule has 38 heavy (non-hydrogen) atoms. The SMILES string of the molecule is CC(C)(C)OC(=O)NCCN1C[C@H]2C[C@@H](C1)N(C(=O)OCc1ccccc1)N2C(=O)OCc1ccccc1. The van der Waals surface area contributed by atoms with E-state index in [4.69, 9.17) is 14.2 Å². The number of hydrazine groups is 1. The van der Waals surface area contributed by atoms with Gasteiger partial charge in [-0.15, -0.1) is 0 Å². The molecule has 204 valence electrons. The lowest BCUT2D eigenvalue weighted by molar-refractivity contribution is -0.0199. The summed E-state index contributed by atoms with van der Waals surface area (Å²) in [5.74, 6) is 0. The predicted octanol–water partition coefficient (Wildman–Crippen LogP) is 4.16. The Morgan fingerprint density at radius 2 is 1.29 bits per heavy atom. The van der Waals surface area contributed by atoms with Crippen molar-refractivity contribution in [2.24, 2.45) is 0 Å². The molecule has 1 N–H and O–H groups in total. The zero-order valence-corrected chi connectivity index (χ0v) is 22.2. The molecule has 0 radical (unpaired) electrons. The Hall–Kier alpha value is -3.79. The molecule has 3 amide bonds. The normalized spacial score (nSPS) is 19.1. The zero-order chi connectivity index (χ0) is 27.1. The number of carbonyl (C=O) groups is 3. The van der Waals surface area contributed by atoms with Crippen LogP contribution in [0.15, 0.2) is 60.7 Å². The maximum Gasteiger partial charge on any atom is 0.429 e. The van der Waals surface area contributed by atoms with Gasteiger partial charge >= 0.3 is 18.3 Å². The van der Waals surface area contributed by atoms with Gasteiger partial charge in [-0.3, -0.25) is 4.90 Å². The molecule has 2 bridgehead atoms. The summed E-state index contributed by atoms with van der Waals surface area (Å²) in [6, 6.07) is 18.3. The van der Waals surface area contributed by atoms with Crippen molar-refractivity contribution < 1.29 is 28.6 Å². The van der Waals surface area contributed by atoms with E-state index in [1.54, 1.807) is 0 Å². The monoisotopic (exact) mass is 524 g/mol. The number of rotatable bonds is 7. The number of nitrogens with zero attached hydrogens (tertiary/aromatic N) is 3. The van der Waals surface area contributed by atoms with Gasteiger partial charge in [0.1, 0.15) is 18.8 Å². The van der Waals surface area contributed by atoms with E-state index < -0.39 is 23.9 Å². The van der Waals surface area contributed by atoms with Crippen LogP contribution in [-0.4, -0.2) is 77.1 Å². The third kappa shape index (κ3) is 7.38. The Morgan fingerprint density at radius 1 is 0.816 bits per heavy atom. The molecule has 2 saturated heterocycles. The lowest BCUT2D eigenvalue weighted by Crippen LogP contribution is -2.50.